The maximum atomic E-state index is 12.6. The Labute approximate surface area is 320 Å². The number of hydrogen-bond donors (Lipinski definition) is 0. The molecule has 0 saturated heterocycles. The normalized spacial score (nSPS) is 11.8. The lowest BCUT2D eigenvalue weighted by atomic mass is 10.1. The van der Waals surface area contributed by atoms with E-state index in [0.717, 1.165) is 30.8 Å². The molecule has 0 N–H and O–H groups in total. The average Bonchev–Trinajstić information content (AvgIpc) is 3.73. The summed E-state index contributed by atoms with van der Waals surface area (Å²) in [5, 5.41) is 0.971. The van der Waals surface area contributed by atoms with E-state index in [4.69, 9.17) is 27.8 Å². The van der Waals surface area contributed by atoms with Gasteiger partial charge in [-0.1, -0.05) is 41.5 Å². The lowest BCUT2D eigenvalue weighted by Crippen LogP contribution is -2.07. The Kier molecular flexibility index (Phi) is 23.5. The molecule has 288 valence electrons. The summed E-state index contributed by atoms with van der Waals surface area (Å²) in [6, 6.07) is 3.41. The molecule has 0 aliphatic rings. The van der Waals surface area contributed by atoms with E-state index < -0.39 is 0 Å². The lowest BCUT2D eigenvalue weighted by molar-refractivity contribution is -0.146. The smallest absolute Gasteiger partial charge is 0.307 e. The summed E-state index contributed by atoms with van der Waals surface area (Å²) in [6.07, 6.45) is 4.17. The van der Waals surface area contributed by atoms with Crippen LogP contribution in [0.15, 0.2) is 21.0 Å². The van der Waals surface area contributed by atoms with Crippen molar-refractivity contribution in [3.05, 3.63) is 35.2 Å². The summed E-state index contributed by atoms with van der Waals surface area (Å²) >= 11 is 6.78. The van der Waals surface area contributed by atoms with Crippen LogP contribution in [0.25, 0.3) is 11.1 Å². The van der Waals surface area contributed by atoms with Gasteiger partial charge in [0.15, 0.2) is 0 Å². The second-order valence-corrected chi connectivity index (χ2v) is 17.3. The molecule has 0 spiro atoms. The zero-order valence-electron chi connectivity index (χ0n) is 31.0. The van der Waals surface area contributed by atoms with Gasteiger partial charge >= 0.3 is 23.9 Å². The van der Waals surface area contributed by atoms with Crippen LogP contribution >= 0.6 is 47.0 Å². The molecule has 2 rings (SSSR count). The lowest BCUT2D eigenvalue weighted by Gasteiger charge is -2.10. The summed E-state index contributed by atoms with van der Waals surface area (Å²) < 4.78 is 34.4. The largest absolute Gasteiger partial charge is 0.458 e. The molecule has 0 aliphatic heterocycles. The predicted molar refractivity (Wildman–Crippen MR) is 209 cm³/mol. The first-order valence-electron chi connectivity index (χ1n) is 17.9. The van der Waals surface area contributed by atoms with Gasteiger partial charge in [-0.05, 0) is 42.9 Å². The van der Waals surface area contributed by atoms with Gasteiger partial charge in [-0.2, -0.15) is 47.0 Å². The molecule has 1 atom stereocenters. The molecule has 0 amide bonds. The van der Waals surface area contributed by atoms with Gasteiger partial charge in [0.1, 0.15) is 49.5 Å². The molecule has 2 heterocycles. The quantitative estimate of drug-likeness (QED) is 0.0461. The van der Waals surface area contributed by atoms with E-state index in [0.29, 0.717) is 67.7 Å². The fourth-order valence-corrected chi connectivity index (χ4v) is 7.77. The van der Waals surface area contributed by atoms with Crippen molar-refractivity contribution in [3.8, 4) is 11.1 Å². The van der Waals surface area contributed by atoms with Crippen LogP contribution in [0.2, 0.25) is 0 Å². The van der Waals surface area contributed by atoms with Gasteiger partial charge in [-0.15, -0.1) is 0 Å². The molecule has 0 aliphatic carbocycles. The standard InChI is InChI=1S/C37H56O10S4/c1-7-26(6)50-18-14-36(40)42-22-27-20-30(32(46-27)24-44-34(38)12-16-48-10-4)31-21-28(23-43-37(41)15-19-51-29(8-2)9-3)47-33(31)25-45-35(39)13-17-49-11-5/h20-21,26,29H,7-19,22-25H2,1-6H3. The molecule has 0 fully saturated rings. The van der Waals surface area contributed by atoms with E-state index in [-0.39, 0.29) is 76.0 Å². The Morgan fingerprint density at radius 2 is 0.961 bits per heavy atom. The minimum atomic E-state index is -0.369. The monoisotopic (exact) mass is 788 g/mol. The summed E-state index contributed by atoms with van der Waals surface area (Å²) in [6.45, 7) is 12.0. The third-order valence-corrected chi connectivity index (χ3v) is 12.4. The van der Waals surface area contributed by atoms with E-state index in [1.54, 1.807) is 59.2 Å². The van der Waals surface area contributed by atoms with Crippen LogP contribution in [-0.4, -0.2) is 68.9 Å². The van der Waals surface area contributed by atoms with E-state index >= 15 is 0 Å². The number of esters is 4. The zero-order valence-corrected chi connectivity index (χ0v) is 34.3. The number of thioether (sulfide) groups is 4. The van der Waals surface area contributed by atoms with Gasteiger partial charge in [0.2, 0.25) is 0 Å². The first kappa shape index (κ1) is 45.0. The van der Waals surface area contributed by atoms with Gasteiger partial charge in [0, 0.05) is 44.6 Å². The molecule has 14 heteroatoms. The Morgan fingerprint density at radius 3 is 1.35 bits per heavy atom. The second-order valence-electron chi connectivity index (χ2n) is 11.5. The maximum absolute atomic E-state index is 12.6. The van der Waals surface area contributed by atoms with Crippen LogP contribution in [0.1, 0.15) is 110 Å². The third kappa shape index (κ3) is 18.4. The minimum absolute atomic E-state index is 0.112. The van der Waals surface area contributed by atoms with Crippen LogP contribution in [-0.2, 0) is 64.6 Å². The van der Waals surface area contributed by atoms with Crippen molar-refractivity contribution >= 4 is 70.9 Å². The fraction of sp³-hybridized carbons (Fsp3) is 0.676. The molecule has 0 aromatic carbocycles. The van der Waals surface area contributed by atoms with Crippen molar-refractivity contribution in [1.29, 1.82) is 0 Å². The highest BCUT2D eigenvalue weighted by atomic mass is 32.2. The van der Waals surface area contributed by atoms with Crippen molar-refractivity contribution in [2.45, 2.75) is 123 Å². The number of carbonyl (C=O) groups excluding carboxylic acids is 4. The van der Waals surface area contributed by atoms with Crippen molar-refractivity contribution in [3.63, 3.8) is 0 Å². The second kappa shape index (κ2) is 26.6. The van der Waals surface area contributed by atoms with E-state index in [2.05, 4.69) is 27.7 Å². The first-order valence-corrected chi connectivity index (χ1v) is 22.3. The first-order chi connectivity index (χ1) is 24.6. The molecule has 1 unspecified atom stereocenters. The maximum Gasteiger partial charge on any atom is 0.307 e. The molecule has 2 aromatic rings. The van der Waals surface area contributed by atoms with Crippen LogP contribution < -0.4 is 0 Å². The summed E-state index contributed by atoms with van der Waals surface area (Å²) in [5.41, 5.74) is 1.06. The average molecular weight is 789 g/mol. The van der Waals surface area contributed by atoms with Crippen LogP contribution in [0.5, 0.6) is 0 Å². The van der Waals surface area contributed by atoms with E-state index in [9.17, 15) is 19.2 Å². The molecular formula is C37H56O10S4. The SMILES string of the molecule is CCSCCC(=O)OCc1oc(COC(=O)CCSC(C)CC)cc1-c1cc(COC(=O)CCSC(CC)CC)oc1COC(=O)CCSCC. The number of hydrogen-bond acceptors (Lipinski definition) is 14. The van der Waals surface area contributed by atoms with Crippen molar-refractivity contribution < 1.29 is 47.0 Å². The van der Waals surface area contributed by atoms with Gasteiger partial charge < -0.3 is 27.8 Å². The molecular weight excluding hydrogens is 733 g/mol. The summed E-state index contributed by atoms with van der Waals surface area (Å²) in [7, 11) is 0. The Bertz CT molecular complexity index is 1320. The highest BCUT2D eigenvalue weighted by molar-refractivity contribution is 8.00. The van der Waals surface area contributed by atoms with Gasteiger partial charge in [0.25, 0.3) is 0 Å². The van der Waals surface area contributed by atoms with E-state index in [1.807, 2.05) is 13.8 Å². The molecule has 0 radical (unpaired) electrons. The molecule has 51 heavy (non-hydrogen) atoms. The predicted octanol–water partition coefficient (Wildman–Crippen LogP) is 9.23. The highest BCUT2D eigenvalue weighted by Gasteiger charge is 2.23. The van der Waals surface area contributed by atoms with Crippen molar-refractivity contribution in [2.24, 2.45) is 0 Å². The summed E-state index contributed by atoms with van der Waals surface area (Å²) in [4.78, 5) is 50.1. The fourth-order valence-electron chi connectivity index (χ4n) is 4.56. The van der Waals surface area contributed by atoms with E-state index in [1.165, 1.54) is 0 Å². The third-order valence-electron chi connectivity index (χ3n) is 7.65. The number of furan rings is 2. The summed E-state index contributed by atoms with van der Waals surface area (Å²) in [5.74, 6) is 4.33. The van der Waals surface area contributed by atoms with Crippen LogP contribution in [0.3, 0.4) is 0 Å². The van der Waals surface area contributed by atoms with Gasteiger partial charge in [0.05, 0.1) is 25.7 Å². The van der Waals surface area contributed by atoms with Crippen LogP contribution in [0, 0.1) is 0 Å². The number of ether oxygens (including phenoxy) is 4. The Hall–Kier alpha value is -2.16. The number of rotatable bonds is 28. The topological polar surface area (TPSA) is 131 Å². The minimum Gasteiger partial charge on any atom is -0.458 e. The van der Waals surface area contributed by atoms with Gasteiger partial charge in [-0.25, -0.2) is 0 Å². The molecule has 0 saturated carbocycles. The number of carbonyl (C=O) groups is 4. The molecule has 10 nitrogen and oxygen atoms in total. The highest BCUT2D eigenvalue weighted by Crippen LogP contribution is 2.35. The van der Waals surface area contributed by atoms with Crippen molar-refractivity contribution in [1.82, 2.24) is 0 Å². The van der Waals surface area contributed by atoms with Gasteiger partial charge in [-0.3, -0.25) is 19.2 Å². The Morgan fingerprint density at radius 1 is 0.569 bits per heavy atom. The molecule has 2 aromatic heterocycles. The van der Waals surface area contributed by atoms with Crippen molar-refractivity contribution in [2.75, 3.05) is 34.5 Å². The zero-order chi connectivity index (χ0) is 37.4. The van der Waals surface area contributed by atoms with Crippen LogP contribution in [0.4, 0.5) is 0 Å². The molecule has 0 bridgehead atoms. The Balaban J connectivity index is 2.30.